The van der Waals surface area contributed by atoms with Gasteiger partial charge in [0.15, 0.2) is 6.54 Å². The van der Waals surface area contributed by atoms with Gasteiger partial charge in [-0.3, -0.25) is 4.79 Å². The van der Waals surface area contributed by atoms with Crippen LogP contribution in [-0.2, 0) is 11.3 Å². The molecule has 0 spiro atoms. The zero-order valence-electron chi connectivity index (χ0n) is 14.7. The Kier molecular flexibility index (Phi) is 6.70. The molecule has 0 bridgehead atoms. The fourth-order valence-corrected chi connectivity index (χ4v) is 3.20. The van der Waals surface area contributed by atoms with Crippen molar-refractivity contribution in [1.29, 1.82) is 0 Å². The van der Waals surface area contributed by atoms with Crippen molar-refractivity contribution in [3.05, 3.63) is 53.6 Å². The first-order valence-corrected chi connectivity index (χ1v) is 9.13. The number of anilines is 1. The Hall–Kier alpha value is -1.98. The molecule has 0 aromatic heterocycles. The van der Waals surface area contributed by atoms with Gasteiger partial charge in [0, 0.05) is 10.5 Å². The smallest absolute Gasteiger partial charge is 0.279 e. The number of hydrogen-bond donors (Lipinski definition) is 2. The van der Waals surface area contributed by atoms with Crippen molar-refractivity contribution >= 4 is 23.4 Å². The third-order valence-corrected chi connectivity index (χ3v) is 4.57. The first-order chi connectivity index (χ1) is 11.5. The minimum atomic E-state index is 0.0145. The quantitative estimate of drug-likeness (QED) is 0.757. The highest BCUT2D eigenvalue weighted by Gasteiger charge is 2.14. The van der Waals surface area contributed by atoms with Gasteiger partial charge in [-0.15, -0.1) is 11.8 Å². The van der Waals surface area contributed by atoms with Crippen LogP contribution in [0.4, 0.5) is 5.69 Å². The summed E-state index contributed by atoms with van der Waals surface area (Å²) in [7, 11) is 3.69. The fraction of sp³-hybridized carbons (Fsp3) is 0.316. The summed E-state index contributed by atoms with van der Waals surface area (Å²) in [5.41, 5.74) is 3.18. The monoisotopic (exact) mass is 345 g/mol. The summed E-state index contributed by atoms with van der Waals surface area (Å²) in [5.74, 6) is 0.883. The van der Waals surface area contributed by atoms with Crippen molar-refractivity contribution < 1.29 is 14.4 Å². The predicted octanol–water partition coefficient (Wildman–Crippen LogP) is 2.38. The number of amides is 1. The van der Waals surface area contributed by atoms with Gasteiger partial charge in [-0.2, -0.15) is 0 Å². The minimum absolute atomic E-state index is 0.0145. The number of methoxy groups -OCH3 is 1. The van der Waals surface area contributed by atoms with E-state index in [1.807, 2.05) is 49.7 Å². The Bertz CT molecular complexity index is 704. The van der Waals surface area contributed by atoms with Crippen molar-refractivity contribution in [2.75, 3.05) is 32.3 Å². The Labute approximate surface area is 148 Å². The normalized spacial score (nSPS) is 11.8. The number of benzene rings is 2. The van der Waals surface area contributed by atoms with Crippen LogP contribution < -0.4 is 15.0 Å². The third-order valence-electron chi connectivity index (χ3n) is 3.77. The van der Waals surface area contributed by atoms with Gasteiger partial charge in [0.25, 0.3) is 5.91 Å². The van der Waals surface area contributed by atoms with E-state index in [1.54, 1.807) is 18.9 Å². The lowest BCUT2D eigenvalue weighted by Gasteiger charge is -2.17. The summed E-state index contributed by atoms with van der Waals surface area (Å²) >= 11 is 1.63. The molecule has 128 valence electrons. The number of rotatable bonds is 7. The summed E-state index contributed by atoms with van der Waals surface area (Å²) < 4.78 is 5.42. The van der Waals surface area contributed by atoms with Crippen molar-refractivity contribution in [1.82, 2.24) is 0 Å². The molecule has 0 radical (unpaired) electrons. The largest absolute Gasteiger partial charge is 0.496 e. The number of carbonyl (C=O) groups excluding carboxylic acids is 1. The summed E-state index contributed by atoms with van der Waals surface area (Å²) in [4.78, 5) is 14.5. The second-order valence-electron chi connectivity index (χ2n) is 5.87. The Morgan fingerprint density at radius 2 is 2.00 bits per heavy atom. The topological polar surface area (TPSA) is 42.8 Å². The van der Waals surface area contributed by atoms with Gasteiger partial charge in [-0.25, -0.2) is 0 Å². The van der Waals surface area contributed by atoms with E-state index in [-0.39, 0.29) is 5.91 Å². The summed E-state index contributed by atoms with van der Waals surface area (Å²) in [6.45, 7) is 3.20. The molecule has 0 heterocycles. The number of ether oxygens (including phenoxy) is 1. The molecule has 4 nitrogen and oxygen atoms in total. The van der Waals surface area contributed by atoms with Gasteiger partial charge in [0.1, 0.15) is 12.3 Å². The summed E-state index contributed by atoms with van der Waals surface area (Å²) in [6, 6.07) is 14.0. The van der Waals surface area contributed by atoms with Crippen LogP contribution in [0.3, 0.4) is 0 Å². The second kappa shape index (κ2) is 8.76. The third kappa shape index (κ3) is 5.01. The van der Waals surface area contributed by atoms with E-state index < -0.39 is 0 Å². The molecule has 2 aromatic carbocycles. The van der Waals surface area contributed by atoms with E-state index in [2.05, 4.69) is 18.3 Å². The highest BCUT2D eigenvalue weighted by molar-refractivity contribution is 7.98. The average molecular weight is 345 g/mol. The van der Waals surface area contributed by atoms with Crippen LogP contribution >= 0.6 is 11.8 Å². The van der Waals surface area contributed by atoms with Crippen LogP contribution in [0.5, 0.6) is 5.75 Å². The maximum Gasteiger partial charge on any atom is 0.279 e. The lowest BCUT2D eigenvalue weighted by atomic mass is 10.1. The predicted molar refractivity (Wildman–Crippen MR) is 100 cm³/mol. The molecule has 5 heteroatoms. The number of quaternary nitrogens is 1. The van der Waals surface area contributed by atoms with Crippen molar-refractivity contribution in [3.63, 3.8) is 0 Å². The molecule has 0 fully saturated rings. The van der Waals surface area contributed by atoms with Crippen molar-refractivity contribution in [2.24, 2.45) is 0 Å². The van der Waals surface area contributed by atoms with Crippen LogP contribution in [0, 0.1) is 6.92 Å². The second-order valence-corrected chi connectivity index (χ2v) is 6.72. The number of aryl methyl sites for hydroxylation is 1. The van der Waals surface area contributed by atoms with E-state index in [9.17, 15) is 4.79 Å². The van der Waals surface area contributed by atoms with Gasteiger partial charge in [0.2, 0.25) is 0 Å². The van der Waals surface area contributed by atoms with Crippen LogP contribution in [0.1, 0.15) is 11.1 Å². The maximum atomic E-state index is 12.3. The Balaban J connectivity index is 1.98. The zero-order valence-corrected chi connectivity index (χ0v) is 15.5. The zero-order chi connectivity index (χ0) is 17.5. The lowest BCUT2D eigenvalue weighted by Crippen LogP contribution is -3.08. The number of carbonyl (C=O) groups is 1. The van der Waals surface area contributed by atoms with E-state index in [0.29, 0.717) is 6.54 Å². The lowest BCUT2D eigenvalue weighted by molar-refractivity contribution is -0.885. The Morgan fingerprint density at radius 1 is 1.25 bits per heavy atom. The molecule has 2 rings (SSSR count). The van der Waals surface area contributed by atoms with Gasteiger partial charge in [-0.05, 0) is 37.4 Å². The Morgan fingerprint density at radius 3 is 2.71 bits per heavy atom. The molecule has 24 heavy (non-hydrogen) atoms. The first kappa shape index (κ1) is 18.4. The van der Waals surface area contributed by atoms with Crippen LogP contribution in [0.2, 0.25) is 0 Å². The van der Waals surface area contributed by atoms with Gasteiger partial charge in [-0.1, -0.05) is 23.8 Å². The molecule has 0 aliphatic rings. The maximum absolute atomic E-state index is 12.3. The van der Waals surface area contributed by atoms with Crippen LogP contribution in [0.25, 0.3) is 0 Å². The van der Waals surface area contributed by atoms with Gasteiger partial charge < -0.3 is 15.0 Å². The highest BCUT2D eigenvalue weighted by Crippen LogP contribution is 2.24. The number of para-hydroxylation sites is 1. The number of nitrogens with one attached hydrogen (secondary N) is 2. The van der Waals surface area contributed by atoms with E-state index in [4.69, 9.17) is 4.74 Å². The van der Waals surface area contributed by atoms with Crippen LogP contribution in [-0.4, -0.2) is 32.9 Å². The SMILES string of the molecule is COc1ccc(C)cc1C[NH+](C)CC(=O)Nc1ccccc1SC. The molecular weight excluding hydrogens is 320 g/mol. The summed E-state index contributed by atoms with van der Waals surface area (Å²) in [5, 5.41) is 3.01. The molecule has 2 aromatic rings. The van der Waals surface area contributed by atoms with Crippen molar-refractivity contribution in [3.8, 4) is 5.75 Å². The first-order valence-electron chi connectivity index (χ1n) is 7.91. The molecule has 1 atom stereocenters. The number of thioether (sulfide) groups is 1. The van der Waals surface area contributed by atoms with E-state index in [0.717, 1.165) is 33.3 Å². The van der Waals surface area contributed by atoms with Crippen molar-refractivity contribution in [2.45, 2.75) is 18.4 Å². The number of hydrogen-bond acceptors (Lipinski definition) is 3. The molecular formula is C19H25N2O2S+. The van der Waals surface area contributed by atoms with Crippen LogP contribution in [0.15, 0.2) is 47.4 Å². The molecule has 0 saturated carbocycles. The molecule has 1 amide bonds. The van der Waals surface area contributed by atoms with E-state index >= 15 is 0 Å². The van der Waals surface area contributed by atoms with E-state index in [1.165, 1.54) is 5.56 Å². The molecule has 0 aliphatic carbocycles. The summed E-state index contributed by atoms with van der Waals surface area (Å²) in [6.07, 6.45) is 2.01. The average Bonchev–Trinajstić information content (AvgIpc) is 2.55. The molecule has 1 unspecified atom stereocenters. The van der Waals surface area contributed by atoms with Gasteiger partial charge in [0.05, 0.1) is 19.8 Å². The van der Waals surface area contributed by atoms with Gasteiger partial charge >= 0.3 is 0 Å². The standard InChI is InChI=1S/C19H24N2O2S/c1-14-9-10-17(23-3)15(11-14)12-21(2)13-19(22)20-16-7-5-6-8-18(16)24-4/h5-11H,12-13H2,1-4H3,(H,20,22)/p+1. The molecule has 0 saturated heterocycles. The highest BCUT2D eigenvalue weighted by atomic mass is 32.2. The number of likely N-dealkylation sites (N-methyl/N-ethyl adjacent to an activating group) is 1. The fourth-order valence-electron chi connectivity index (χ4n) is 2.65. The molecule has 2 N–H and O–H groups in total. The molecule has 0 aliphatic heterocycles. The minimum Gasteiger partial charge on any atom is -0.496 e.